The standard InChI is InChI=1S/C20H20FN3O3S2/c1-23-17-6-2-3-7-18(17)28-20(23)22-19(25)14-5-4-12-24(13-14)29(26,27)16-10-8-15(21)9-11-16/h2-3,6-11,14H,4-5,12-13H2,1H3. The Bertz CT molecular complexity index is 1230. The van der Waals surface area contributed by atoms with Crippen LogP contribution >= 0.6 is 11.3 Å². The maximum atomic E-state index is 13.1. The van der Waals surface area contributed by atoms with Crippen LogP contribution in [0.3, 0.4) is 0 Å². The number of rotatable bonds is 3. The predicted molar refractivity (Wildman–Crippen MR) is 109 cm³/mol. The molecule has 2 heterocycles. The number of hydrogen-bond donors (Lipinski definition) is 0. The zero-order valence-corrected chi connectivity index (χ0v) is 17.4. The van der Waals surface area contributed by atoms with Crippen molar-refractivity contribution in [2.45, 2.75) is 17.7 Å². The molecule has 1 unspecified atom stereocenters. The normalized spacial score (nSPS) is 19.0. The molecule has 1 amide bonds. The highest BCUT2D eigenvalue weighted by Gasteiger charge is 2.33. The Kier molecular flexibility index (Phi) is 5.37. The molecule has 152 valence electrons. The van der Waals surface area contributed by atoms with Gasteiger partial charge in [0.1, 0.15) is 5.82 Å². The second kappa shape index (κ2) is 7.81. The van der Waals surface area contributed by atoms with Crippen LogP contribution in [0.5, 0.6) is 0 Å². The predicted octanol–water partition coefficient (Wildman–Crippen LogP) is 2.91. The maximum Gasteiger partial charge on any atom is 0.252 e. The van der Waals surface area contributed by atoms with Gasteiger partial charge in [-0.15, -0.1) is 0 Å². The van der Waals surface area contributed by atoms with Gasteiger partial charge >= 0.3 is 0 Å². The molecule has 0 N–H and O–H groups in total. The molecular weight excluding hydrogens is 413 g/mol. The van der Waals surface area contributed by atoms with Crippen LogP contribution in [-0.4, -0.2) is 36.3 Å². The molecule has 0 radical (unpaired) electrons. The molecule has 29 heavy (non-hydrogen) atoms. The number of aromatic nitrogens is 1. The number of carbonyl (C=O) groups excluding carboxylic acids is 1. The monoisotopic (exact) mass is 433 g/mol. The van der Waals surface area contributed by atoms with Crippen LogP contribution in [0.1, 0.15) is 12.8 Å². The molecule has 9 heteroatoms. The van der Waals surface area contributed by atoms with Crippen LogP contribution in [0.15, 0.2) is 58.4 Å². The number of nitrogens with zero attached hydrogens (tertiary/aromatic N) is 3. The maximum absolute atomic E-state index is 13.1. The lowest BCUT2D eigenvalue weighted by Gasteiger charge is -2.30. The van der Waals surface area contributed by atoms with Crippen LogP contribution in [0.25, 0.3) is 10.2 Å². The van der Waals surface area contributed by atoms with Crippen molar-refractivity contribution in [3.05, 3.63) is 59.1 Å². The number of piperidine rings is 1. The molecule has 1 aliphatic heterocycles. The van der Waals surface area contributed by atoms with Gasteiger partial charge in [0, 0.05) is 20.1 Å². The summed E-state index contributed by atoms with van der Waals surface area (Å²) in [6.07, 6.45) is 1.16. The second-order valence-corrected chi connectivity index (χ2v) is 9.96. The SMILES string of the molecule is Cn1c(=NC(=O)C2CCCN(S(=O)(=O)c3ccc(F)cc3)C2)sc2ccccc21. The number of carbonyl (C=O) groups is 1. The summed E-state index contributed by atoms with van der Waals surface area (Å²) >= 11 is 1.43. The van der Waals surface area contributed by atoms with E-state index in [1.807, 2.05) is 35.9 Å². The van der Waals surface area contributed by atoms with Crippen molar-refractivity contribution in [2.75, 3.05) is 13.1 Å². The third-order valence-corrected chi connectivity index (χ3v) is 8.10. The molecule has 6 nitrogen and oxygen atoms in total. The number of thiazole rings is 1. The van der Waals surface area contributed by atoms with Gasteiger partial charge in [-0.05, 0) is 49.2 Å². The average molecular weight is 434 g/mol. The molecule has 1 aromatic heterocycles. The van der Waals surface area contributed by atoms with Gasteiger partial charge in [0.05, 0.1) is 21.0 Å². The van der Waals surface area contributed by atoms with Gasteiger partial charge in [-0.3, -0.25) is 4.79 Å². The highest BCUT2D eigenvalue weighted by Crippen LogP contribution is 2.25. The number of fused-ring (bicyclic) bond motifs is 1. The first-order valence-electron chi connectivity index (χ1n) is 9.25. The molecule has 0 saturated carbocycles. The first-order valence-corrected chi connectivity index (χ1v) is 11.5. The summed E-state index contributed by atoms with van der Waals surface area (Å²) in [6.45, 7) is 0.413. The summed E-state index contributed by atoms with van der Waals surface area (Å²) in [7, 11) is -1.92. The fourth-order valence-electron chi connectivity index (χ4n) is 3.49. The Balaban J connectivity index is 1.58. The minimum absolute atomic E-state index is 0.0276. The van der Waals surface area contributed by atoms with Crippen molar-refractivity contribution in [2.24, 2.45) is 18.0 Å². The van der Waals surface area contributed by atoms with Crippen LogP contribution in [0.2, 0.25) is 0 Å². The topological polar surface area (TPSA) is 71.7 Å². The molecule has 1 fully saturated rings. The average Bonchev–Trinajstić information content (AvgIpc) is 3.04. The third-order valence-electron chi connectivity index (χ3n) is 5.11. The van der Waals surface area contributed by atoms with Gasteiger partial charge in [-0.2, -0.15) is 9.30 Å². The summed E-state index contributed by atoms with van der Waals surface area (Å²) in [6, 6.07) is 12.5. The van der Waals surface area contributed by atoms with Crippen LogP contribution in [-0.2, 0) is 21.9 Å². The van der Waals surface area contributed by atoms with Gasteiger partial charge in [0.25, 0.3) is 5.91 Å². The molecule has 0 aliphatic carbocycles. The smallest absolute Gasteiger partial charge is 0.252 e. The lowest BCUT2D eigenvalue weighted by Crippen LogP contribution is -2.42. The van der Waals surface area contributed by atoms with Gasteiger partial charge in [0.15, 0.2) is 4.80 Å². The van der Waals surface area contributed by atoms with E-state index < -0.39 is 21.8 Å². The lowest BCUT2D eigenvalue weighted by molar-refractivity contribution is -0.122. The highest BCUT2D eigenvalue weighted by atomic mass is 32.2. The van der Waals surface area contributed by atoms with Crippen LogP contribution < -0.4 is 4.80 Å². The second-order valence-electron chi connectivity index (χ2n) is 7.02. The Morgan fingerprint density at radius 1 is 1.17 bits per heavy atom. The van der Waals surface area contributed by atoms with Crippen LogP contribution in [0, 0.1) is 11.7 Å². The van der Waals surface area contributed by atoms with Crippen molar-refractivity contribution >= 4 is 37.5 Å². The van der Waals surface area contributed by atoms with Crippen molar-refractivity contribution in [1.29, 1.82) is 0 Å². The van der Waals surface area contributed by atoms with E-state index in [-0.39, 0.29) is 17.3 Å². The van der Waals surface area contributed by atoms with Crippen molar-refractivity contribution in [1.82, 2.24) is 8.87 Å². The fraction of sp³-hybridized carbons (Fsp3) is 0.300. The fourth-order valence-corrected chi connectivity index (χ4v) is 6.04. The molecule has 0 bridgehead atoms. The molecular formula is C20H20FN3O3S2. The molecule has 1 atom stereocenters. The molecule has 3 aromatic rings. The quantitative estimate of drug-likeness (QED) is 0.638. The summed E-state index contributed by atoms with van der Waals surface area (Å²) in [5, 5.41) is 0. The Morgan fingerprint density at radius 2 is 1.90 bits per heavy atom. The van der Waals surface area contributed by atoms with Gasteiger partial charge < -0.3 is 4.57 Å². The number of hydrogen-bond acceptors (Lipinski definition) is 4. The molecule has 1 aliphatic rings. The highest BCUT2D eigenvalue weighted by molar-refractivity contribution is 7.89. The van der Waals surface area contributed by atoms with Crippen molar-refractivity contribution in [3.8, 4) is 0 Å². The van der Waals surface area contributed by atoms with Gasteiger partial charge in [-0.25, -0.2) is 12.8 Å². The summed E-state index contributed by atoms with van der Waals surface area (Å²) < 4.78 is 43.0. The lowest BCUT2D eigenvalue weighted by atomic mass is 9.99. The first kappa shape index (κ1) is 19.9. The summed E-state index contributed by atoms with van der Waals surface area (Å²) in [4.78, 5) is 17.7. The minimum atomic E-state index is -3.78. The van der Waals surface area contributed by atoms with E-state index in [0.717, 1.165) is 22.3 Å². The number of sulfonamides is 1. The number of benzene rings is 2. The van der Waals surface area contributed by atoms with Gasteiger partial charge in [0.2, 0.25) is 10.0 Å². The molecule has 2 aromatic carbocycles. The van der Waals surface area contributed by atoms with E-state index in [4.69, 9.17) is 0 Å². The van der Waals surface area contributed by atoms with E-state index in [1.165, 1.54) is 27.8 Å². The number of aryl methyl sites for hydroxylation is 1. The molecule has 4 rings (SSSR count). The van der Waals surface area contributed by atoms with E-state index in [9.17, 15) is 17.6 Å². The molecule has 1 saturated heterocycles. The number of amides is 1. The van der Waals surface area contributed by atoms with E-state index in [1.54, 1.807) is 0 Å². The molecule has 0 spiro atoms. The van der Waals surface area contributed by atoms with Crippen LogP contribution in [0.4, 0.5) is 4.39 Å². The summed E-state index contributed by atoms with van der Waals surface area (Å²) in [5.41, 5.74) is 0.994. The third kappa shape index (κ3) is 3.90. The Labute approximate surface area is 172 Å². The Hall–Kier alpha value is -2.36. The minimum Gasteiger partial charge on any atom is -0.319 e. The van der Waals surface area contributed by atoms with Crippen molar-refractivity contribution < 1.29 is 17.6 Å². The number of para-hydroxylation sites is 1. The zero-order chi connectivity index (χ0) is 20.6. The largest absolute Gasteiger partial charge is 0.319 e. The first-order chi connectivity index (χ1) is 13.9. The number of halogens is 1. The van der Waals surface area contributed by atoms with E-state index in [2.05, 4.69) is 4.99 Å². The van der Waals surface area contributed by atoms with Gasteiger partial charge in [-0.1, -0.05) is 23.5 Å². The summed E-state index contributed by atoms with van der Waals surface area (Å²) in [5.74, 6) is -1.30. The Morgan fingerprint density at radius 3 is 2.62 bits per heavy atom. The van der Waals surface area contributed by atoms with E-state index in [0.29, 0.717) is 24.2 Å². The van der Waals surface area contributed by atoms with E-state index >= 15 is 0 Å². The van der Waals surface area contributed by atoms with Crippen molar-refractivity contribution in [3.63, 3.8) is 0 Å². The zero-order valence-electron chi connectivity index (χ0n) is 15.8.